The first kappa shape index (κ1) is 27.9. The topological polar surface area (TPSA) is 45.7 Å². The van der Waals surface area contributed by atoms with Crippen LogP contribution in [-0.2, 0) is 16.0 Å². The normalized spacial score (nSPS) is 14.1. The number of halogens is 1. The minimum Gasteiger partial charge on any atom is -0.379 e. The summed E-state index contributed by atoms with van der Waals surface area (Å²) in [5, 5.41) is 0.842. The van der Waals surface area contributed by atoms with E-state index >= 15 is 0 Å². The summed E-state index contributed by atoms with van der Waals surface area (Å²) in [7, 11) is 0. The Morgan fingerprint density at radius 2 is 1.91 bits per heavy atom. The van der Waals surface area contributed by atoms with Gasteiger partial charge < -0.3 is 4.74 Å². The van der Waals surface area contributed by atoms with Gasteiger partial charge in [-0.15, -0.1) is 24.2 Å². The minimum absolute atomic E-state index is 0. The fraction of sp³-hybridized carbons (Fsp3) is 0.481. The molecule has 1 aliphatic heterocycles. The molecule has 2 heterocycles. The SMILES string of the molecule is CCc1cccc2sc(N(CCCN3CCOCC3)C(=O)CCCSc3ccc(C)cc3)nc12.Cl. The van der Waals surface area contributed by atoms with Crippen molar-refractivity contribution in [2.75, 3.05) is 50.0 Å². The zero-order valence-electron chi connectivity index (χ0n) is 20.7. The molecule has 1 fully saturated rings. The third-order valence-corrected chi connectivity index (χ3v) is 8.33. The summed E-state index contributed by atoms with van der Waals surface area (Å²) in [6.45, 7) is 9.52. The smallest absolute Gasteiger partial charge is 0.228 e. The zero-order valence-corrected chi connectivity index (χ0v) is 23.2. The second kappa shape index (κ2) is 14.2. The number of ether oxygens (including phenoxy) is 1. The van der Waals surface area contributed by atoms with Gasteiger partial charge in [-0.2, -0.15) is 0 Å². The van der Waals surface area contributed by atoms with Crippen molar-refractivity contribution in [3.63, 3.8) is 0 Å². The van der Waals surface area contributed by atoms with Crippen LogP contribution < -0.4 is 4.90 Å². The molecule has 35 heavy (non-hydrogen) atoms. The van der Waals surface area contributed by atoms with Crippen LogP contribution in [-0.4, -0.2) is 60.9 Å². The molecule has 5 nitrogen and oxygen atoms in total. The van der Waals surface area contributed by atoms with Gasteiger partial charge in [0.05, 0.1) is 23.4 Å². The number of fused-ring (bicyclic) bond motifs is 1. The summed E-state index contributed by atoms with van der Waals surface area (Å²) < 4.78 is 6.63. The van der Waals surface area contributed by atoms with Gasteiger partial charge in [0.15, 0.2) is 5.13 Å². The first-order valence-electron chi connectivity index (χ1n) is 12.3. The Kier molecular flexibility index (Phi) is 11.3. The number of carbonyl (C=O) groups excluding carboxylic acids is 1. The van der Waals surface area contributed by atoms with Crippen LogP contribution in [0.15, 0.2) is 47.4 Å². The number of anilines is 1. The van der Waals surface area contributed by atoms with Gasteiger partial charge in [-0.25, -0.2) is 4.98 Å². The molecule has 0 unspecified atom stereocenters. The van der Waals surface area contributed by atoms with Crippen LogP contribution in [0.2, 0.25) is 0 Å². The summed E-state index contributed by atoms with van der Waals surface area (Å²) >= 11 is 3.46. The molecule has 4 rings (SSSR count). The maximum atomic E-state index is 13.4. The van der Waals surface area contributed by atoms with E-state index < -0.39 is 0 Å². The Hall–Kier alpha value is -1.64. The number of hydrogen-bond donors (Lipinski definition) is 0. The van der Waals surface area contributed by atoms with Crippen LogP contribution in [0.25, 0.3) is 10.2 Å². The van der Waals surface area contributed by atoms with Crippen LogP contribution in [0.1, 0.15) is 37.3 Å². The zero-order chi connectivity index (χ0) is 23.8. The Labute approximate surface area is 223 Å². The number of benzene rings is 2. The van der Waals surface area contributed by atoms with Gasteiger partial charge in [-0.05, 0) is 55.7 Å². The van der Waals surface area contributed by atoms with E-state index in [1.807, 2.05) is 16.7 Å². The van der Waals surface area contributed by atoms with Crippen LogP contribution in [0.3, 0.4) is 0 Å². The molecule has 0 saturated carbocycles. The molecule has 0 bridgehead atoms. The summed E-state index contributed by atoms with van der Waals surface area (Å²) in [5.74, 6) is 1.12. The van der Waals surface area contributed by atoms with E-state index in [4.69, 9.17) is 9.72 Å². The van der Waals surface area contributed by atoms with Crippen molar-refractivity contribution < 1.29 is 9.53 Å². The summed E-state index contributed by atoms with van der Waals surface area (Å²) in [5.41, 5.74) is 3.57. The Morgan fingerprint density at radius 3 is 2.66 bits per heavy atom. The van der Waals surface area contributed by atoms with Crippen LogP contribution in [0.5, 0.6) is 0 Å². The largest absolute Gasteiger partial charge is 0.379 e. The van der Waals surface area contributed by atoms with Crippen molar-refractivity contribution in [2.24, 2.45) is 0 Å². The molecule has 0 atom stereocenters. The molecular weight excluding hydrogens is 498 g/mol. The van der Waals surface area contributed by atoms with Crippen molar-refractivity contribution in [3.05, 3.63) is 53.6 Å². The number of amides is 1. The summed E-state index contributed by atoms with van der Waals surface area (Å²) in [6, 6.07) is 14.9. The highest BCUT2D eigenvalue weighted by molar-refractivity contribution is 7.99. The van der Waals surface area contributed by atoms with Crippen molar-refractivity contribution in [1.29, 1.82) is 0 Å². The predicted molar refractivity (Wildman–Crippen MR) is 152 cm³/mol. The van der Waals surface area contributed by atoms with Gasteiger partial charge in [0.2, 0.25) is 5.91 Å². The second-order valence-corrected chi connectivity index (χ2v) is 10.9. The lowest BCUT2D eigenvalue weighted by molar-refractivity contribution is -0.118. The first-order valence-corrected chi connectivity index (χ1v) is 14.1. The number of para-hydroxylation sites is 1. The minimum atomic E-state index is 0. The van der Waals surface area contributed by atoms with Crippen molar-refractivity contribution in [2.45, 2.75) is 44.4 Å². The lowest BCUT2D eigenvalue weighted by Gasteiger charge is -2.27. The van der Waals surface area contributed by atoms with E-state index in [1.54, 1.807) is 11.3 Å². The Bertz CT molecular complexity index is 1070. The molecule has 1 aliphatic rings. The maximum Gasteiger partial charge on any atom is 0.228 e. The van der Waals surface area contributed by atoms with Gasteiger partial charge in [0.25, 0.3) is 0 Å². The highest BCUT2D eigenvalue weighted by atomic mass is 35.5. The van der Waals surface area contributed by atoms with Crippen molar-refractivity contribution >= 4 is 56.8 Å². The maximum absolute atomic E-state index is 13.4. The molecule has 0 radical (unpaired) electrons. The molecule has 190 valence electrons. The van der Waals surface area contributed by atoms with Crippen LogP contribution >= 0.6 is 35.5 Å². The predicted octanol–water partition coefficient (Wildman–Crippen LogP) is 6.22. The van der Waals surface area contributed by atoms with Gasteiger partial charge in [-0.3, -0.25) is 14.6 Å². The molecule has 1 saturated heterocycles. The van der Waals surface area contributed by atoms with Crippen LogP contribution in [0.4, 0.5) is 5.13 Å². The molecule has 0 spiro atoms. The van der Waals surface area contributed by atoms with E-state index in [2.05, 4.69) is 61.2 Å². The molecule has 1 amide bonds. The van der Waals surface area contributed by atoms with Gasteiger partial charge in [0.1, 0.15) is 0 Å². The van der Waals surface area contributed by atoms with E-state index in [-0.39, 0.29) is 18.3 Å². The van der Waals surface area contributed by atoms with E-state index in [0.29, 0.717) is 13.0 Å². The third kappa shape index (κ3) is 7.92. The van der Waals surface area contributed by atoms with Gasteiger partial charge in [0, 0.05) is 37.5 Å². The fourth-order valence-electron chi connectivity index (χ4n) is 4.18. The summed E-state index contributed by atoms with van der Waals surface area (Å²) in [6.07, 6.45) is 3.30. The van der Waals surface area contributed by atoms with E-state index in [9.17, 15) is 4.79 Å². The summed E-state index contributed by atoms with van der Waals surface area (Å²) in [4.78, 5) is 23.9. The molecule has 3 aromatic rings. The highest BCUT2D eigenvalue weighted by Crippen LogP contribution is 2.32. The number of nitrogens with zero attached hydrogens (tertiary/aromatic N) is 3. The number of aromatic nitrogens is 1. The average Bonchev–Trinajstić information content (AvgIpc) is 3.30. The monoisotopic (exact) mass is 533 g/mol. The van der Waals surface area contributed by atoms with Gasteiger partial charge in [-0.1, -0.05) is 48.1 Å². The average molecular weight is 534 g/mol. The third-order valence-electron chi connectivity index (χ3n) is 6.19. The standard InChI is InChI=1S/C27H35N3O2S2.ClH/c1-3-22-7-4-8-24-26(22)28-27(34-24)30(15-6-14-29-16-18-32-19-17-29)25(31)9-5-20-33-23-12-10-21(2)11-13-23;/h4,7-8,10-13H,3,5-6,9,14-20H2,1-2H3;1H. The lowest BCUT2D eigenvalue weighted by atomic mass is 10.1. The molecule has 0 N–H and O–H groups in total. The lowest BCUT2D eigenvalue weighted by Crippen LogP contribution is -2.39. The van der Waals surface area contributed by atoms with Crippen molar-refractivity contribution in [3.8, 4) is 0 Å². The number of hydrogen-bond acceptors (Lipinski definition) is 6. The fourth-order valence-corrected chi connectivity index (χ4v) is 6.09. The highest BCUT2D eigenvalue weighted by Gasteiger charge is 2.21. The Morgan fingerprint density at radius 1 is 1.14 bits per heavy atom. The number of rotatable bonds is 11. The number of carbonyl (C=O) groups is 1. The number of thiazole rings is 1. The van der Waals surface area contributed by atoms with Crippen LogP contribution in [0, 0.1) is 6.92 Å². The van der Waals surface area contributed by atoms with Crippen molar-refractivity contribution in [1.82, 2.24) is 9.88 Å². The molecule has 8 heteroatoms. The number of thioether (sulfide) groups is 1. The molecular formula is C27H36ClN3O2S2. The van der Waals surface area contributed by atoms with E-state index in [0.717, 1.165) is 73.2 Å². The molecule has 2 aromatic carbocycles. The number of morpholine rings is 1. The van der Waals surface area contributed by atoms with E-state index in [1.165, 1.54) is 16.0 Å². The first-order chi connectivity index (χ1) is 16.6. The Balaban J connectivity index is 0.00000342. The molecule has 1 aromatic heterocycles. The number of aryl methyl sites for hydroxylation is 2. The quantitative estimate of drug-likeness (QED) is 0.216. The van der Waals surface area contributed by atoms with Gasteiger partial charge >= 0.3 is 0 Å². The molecule has 0 aliphatic carbocycles. The second-order valence-electron chi connectivity index (χ2n) is 8.73.